The lowest BCUT2D eigenvalue weighted by molar-refractivity contribution is 0.102. The Morgan fingerprint density at radius 1 is 1.38 bits per heavy atom. The van der Waals surface area contributed by atoms with Gasteiger partial charge in [-0.05, 0) is 30.3 Å². The van der Waals surface area contributed by atoms with E-state index in [4.69, 9.17) is 15.7 Å². The summed E-state index contributed by atoms with van der Waals surface area (Å²) in [6.07, 6.45) is 0. The van der Waals surface area contributed by atoms with Gasteiger partial charge in [-0.25, -0.2) is 4.39 Å². The first-order valence-electron chi connectivity index (χ1n) is 6.00. The predicted octanol–water partition coefficient (Wildman–Crippen LogP) is 2.54. The fourth-order valence-electron chi connectivity index (χ4n) is 1.83. The van der Waals surface area contributed by atoms with Gasteiger partial charge in [0, 0.05) is 5.69 Å². The van der Waals surface area contributed by atoms with Crippen molar-refractivity contribution in [3.63, 3.8) is 0 Å². The molecule has 0 heterocycles. The Morgan fingerprint density at radius 2 is 2.14 bits per heavy atom. The quantitative estimate of drug-likeness (QED) is 0.848. The zero-order valence-electron chi connectivity index (χ0n) is 11.2. The van der Waals surface area contributed by atoms with Crippen LogP contribution >= 0.6 is 0 Å². The van der Waals surface area contributed by atoms with E-state index in [0.29, 0.717) is 5.75 Å². The van der Waals surface area contributed by atoms with Crippen molar-refractivity contribution in [1.82, 2.24) is 0 Å². The second-order valence-corrected chi connectivity index (χ2v) is 4.19. The van der Waals surface area contributed by atoms with Gasteiger partial charge in [-0.3, -0.25) is 4.79 Å². The maximum absolute atomic E-state index is 13.8. The number of nitrogens with one attached hydrogen (secondary N) is 1. The lowest BCUT2D eigenvalue weighted by atomic mass is 10.1. The van der Waals surface area contributed by atoms with Gasteiger partial charge in [0.15, 0.2) is 0 Å². The summed E-state index contributed by atoms with van der Waals surface area (Å²) in [4.78, 5) is 12.2. The number of methoxy groups -OCH3 is 1. The highest BCUT2D eigenvalue weighted by molar-refractivity contribution is 6.09. The van der Waals surface area contributed by atoms with Gasteiger partial charge < -0.3 is 15.8 Å². The van der Waals surface area contributed by atoms with Crippen LogP contribution in [0.4, 0.5) is 15.8 Å². The second-order valence-electron chi connectivity index (χ2n) is 4.19. The van der Waals surface area contributed by atoms with Crippen LogP contribution in [0.25, 0.3) is 0 Å². The summed E-state index contributed by atoms with van der Waals surface area (Å²) in [6.45, 7) is 0. The van der Waals surface area contributed by atoms with E-state index in [2.05, 4.69) is 5.32 Å². The third-order valence-electron chi connectivity index (χ3n) is 2.85. The molecule has 5 nitrogen and oxygen atoms in total. The number of halogens is 1. The van der Waals surface area contributed by atoms with E-state index in [0.717, 1.165) is 6.07 Å². The summed E-state index contributed by atoms with van der Waals surface area (Å²) < 4.78 is 18.8. The molecular formula is C15H12FN3O2. The molecule has 2 rings (SSSR count). The standard InChI is InChI=1S/C15H12FN3O2/c1-21-13-4-2-3-11(18)14(13)15(20)19-12-6-5-9(8-17)7-10(12)16/h2-7H,18H2,1H3,(H,19,20). The number of nitrogens with zero attached hydrogens (tertiary/aromatic N) is 1. The smallest absolute Gasteiger partial charge is 0.261 e. The Balaban J connectivity index is 2.33. The van der Waals surface area contributed by atoms with Gasteiger partial charge in [-0.1, -0.05) is 6.07 Å². The van der Waals surface area contributed by atoms with Crippen LogP contribution in [-0.2, 0) is 0 Å². The third-order valence-corrected chi connectivity index (χ3v) is 2.85. The third kappa shape index (κ3) is 2.92. The molecule has 0 radical (unpaired) electrons. The first kappa shape index (κ1) is 14.3. The number of carbonyl (C=O) groups excluding carboxylic acids is 1. The number of hydrogen-bond donors (Lipinski definition) is 2. The SMILES string of the molecule is COc1cccc(N)c1C(=O)Nc1ccc(C#N)cc1F. The second kappa shape index (κ2) is 5.92. The van der Waals surface area contributed by atoms with E-state index in [1.807, 2.05) is 6.07 Å². The minimum absolute atomic E-state index is 0.0377. The van der Waals surface area contributed by atoms with Crippen molar-refractivity contribution >= 4 is 17.3 Å². The van der Waals surface area contributed by atoms with Gasteiger partial charge in [-0.2, -0.15) is 5.26 Å². The van der Waals surface area contributed by atoms with Gasteiger partial charge >= 0.3 is 0 Å². The first-order chi connectivity index (χ1) is 10.1. The highest BCUT2D eigenvalue weighted by Gasteiger charge is 2.17. The van der Waals surface area contributed by atoms with E-state index < -0.39 is 11.7 Å². The number of anilines is 2. The van der Waals surface area contributed by atoms with Gasteiger partial charge in [0.1, 0.15) is 17.1 Å². The van der Waals surface area contributed by atoms with Crippen LogP contribution < -0.4 is 15.8 Å². The Hall–Kier alpha value is -3.07. The van der Waals surface area contributed by atoms with Crippen molar-refractivity contribution in [2.45, 2.75) is 0 Å². The molecule has 0 bridgehead atoms. The molecule has 1 amide bonds. The minimum Gasteiger partial charge on any atom is -0.496 e. The average Bonchev–Trinajstić information content (AvgIpc) is 2.48. The lowest BCUT2D eigenvalue weighted by Gasteiger charge is -2.12. The molecule has 0 spiro atoms. The summed E-state index contributed by atoms with van der Waals surface area (Å²) in [5.41, 5.74) is 6.24. The largest absolute Gasteiger partial charge is 0.496 e. The van der Waals surface area contributed by atoms with Crippen molar-refractivity contribution < 1.29 is 13.9 Å². The Labute approximate surface area is 120 Å². The molecule has 3 N–H and O–H groups in total. The van der Waals surface area contributed by atoms with Crippen LogP contribution in [0.2, 0.25) is 0 Å². The molecule has 0 saturated carbocycles. The number of hydrogen-bond acceptors (Lipinski definition) is 4. The van der Waals surface area contributed by atoms with Crippen molar-refractivity contribution in [1.29, 1.82) is 5.26 Å². The van der Waals surface area contributed by atoms with Crippen LogP contribution in [-0.4, -0.2) is 13.0 Å². The fourth-order valence-corrected chi connectivity index (χ4v) is 1.83. The van der Waals surface area contributed by atoms with E-state index >= 15 is 0 Å². The molecule has 0 aliphatic carbocycles. The maximum atomic E-state index is 13.8. The number of amides is 1. The molecule has 0 fully saturated rings. The molecule has 6 heteroatoms. The van der Waals surface area contributed by atoms with Crippen molar-refractivity contribution in [2.24, 2.45) is 0 Å². The van der Waals surface area contributed by atoms with Crippen molar-refractivity contribution in [3.8, 4) is 11.8 Å². The number of nitrogen functional groups attached to an aromatic ring is 1. The van der Waals surface area contributed by atoms with Gasteiger partial charge in [0.25, 0.3) is 5.91 Å². The van der Waals surface area contributed by atoms with Crippen LogP contribution in [0.3, 0.4) is 0 Å². The highest BCUT2D eigenvalue weighted by atomic mass is 19.1. The van der Waals surface area contributed by atoms with Crippen LogP contribution in [0.5, 0.6) is 5.75 Å². The molecule has 0 aliphatic heterocycles. The zero-order chi connectivity index (χ0) is 15.4. The Kier molecular flexibility index (Phi) is 4.05. The molecule has 2 aromatic carbocycles. The fraction of sp³-hybridized carbons (Fsp3) is 0.0667. The molecular weight excluding hydrogens is 273 g/mol. The van der Waals surface area contributed by atoms with Crippen molar-refractivity contribution in [3.05, 3.63) is 53.3 Å². The van der Waals surface area contributed by atoms with Gasteiger partial charge in [0.05, 0.1) is 24.4 Å². The molecule has 0 aliphatic rings. The van der Waals surface area contributed by atoms with E-state index in [1.54, 1.807) is 18.2 Å². The number of carbonyl (C=O) groups is 1. The topological polar surface area (TPSA) is 88.1 Å². The van der Waals surface area contributed by atoms with Crippen LogP contribution in [0, 0.1) is 17.1 Å². The van der Waals surface area contributed by atoms with Gasteiger partial charge in [-0.15, -0.1) is 0 Å². The lowest BCUT2D eigenvalue weighted by Crippen LogP contribution is -2.16. The molecule has 21 heavy (non-hydrogen) atoms. The van der Waals surface area contributed by atoms with Crippen molar-refractivity contribution in [2.75, 3.05) is 18.2 Å². The Morgan fingerprint density at radius 3 is 2.76 bits per heavy atom. The summed E-state index contributed by atoms with van der Waals surface area (Å²) in [5, 5.41) is 11.1. The number of ether oxygens (including phenoxy) is 1. The van der Waals surface area contributed by atoms with Gasteiger partial charge in [0.2, 0.25) is 0 Å². The maximum Gasteiger partial charge on any atom is 0.261 e. The summed E-state index contributed by atoms with van der Waals surface area (Å²) in [5.74, 6) is -0.994. The van der Waals surface area contributed by atoms with Crippen LogP contribution in [0.15, 0.2) is 36.4 Å². The summed E-state index contributed by atoms with van der Waals surface area (Å²) >= 11 is 0. The average molecular weight is 285 g/mol. The molecule has 0 aromatic heterocycles. The number of benzene rings is 2. The monoisotopic (exact) mass is 285 g/mol. The highest BCUT2D eigenvalue weighted by Crippen LogP contribution is 2.26. The number of nitrogens with two attached hydrogens (primary N) is 1. The minimum atomic E-state index is -0.698. The molecule has 0 saturated heterocycles. The molecule has 0 unspecified atom stereocenters. The van der Waals surface area contributed by atoms with Crippen LogP contribution in [0.1, 0.15) is 15.9 Å². The van der Waals surface area contributed by atoms with E-state index in [9.17, 15) is 9.18 Å². The molecule has 0 atom stereocenters. The van der Waals surface area contributed by atoms with E-state index in [1.165, 1.54) is 19.2 Å². The first-order valence-corrected chi connectivity index (χ1v) is 6.00. The molecule has 2 aromatic rings. The normalized spacial score (nSPS) is 9.76. The molecule has 106 valence electrons. The van der Waals surface area contributed by atoms with E-state index in [-0.39, 0.29) is 22.5 Å². The predicted molar refractivity (Wildman–Crippen MR) is 76.5 cm³/mol. The number of nitriles is 1. The zero-order valence-corrected chi connectivity index (χ0v) is 11.2. The summed E-state index contributed by atoms with van der Waals surface area (Å²) in [6, 6.07) is 10.4. The number of rotatable bonds is 3. The Bertz CT molecular complexity index is 738. The summed E-state index contributed by atoms with van der Waals surface area (Å²) in [7, 11) is 1.41.